The Morgan fingerprint density at radius 1 is 1.16 bits per heavy atom. The molecule has 3 rings (SSSR count). The van der Waals surface area contributed by atoms with Crippen LogP contribution in [0.25, 0.3) is 11.3 Å². The van der Waals surface area contributed by atoms with Gasteiger partial charge in [-0.2, -0.15) is 0 Å². The third-order valence-electron chi connectivity index (χ3n) is 3.62. The first-order valence-electron chi connectivity index (χ1n) is 7.37. The molecule has 0 bridgehead atoms. The van der Waals surface area contributed by atoms with Crippen LogP contribution in [0.3, 0.4) is 0 Å². The molecule has 0 saturated carbocycles. The molecule has 0 fully saturated rings. The molecule has 1 heterocycles. The van der Waals surface area contributed by atoms with E-state index < -0.39 is 10.8 Å². The van der Waals surface area contributed by atoms with E-state index in [-0.39, 0.29) is 5.69 Å². The molecule has 0 aliphatic carbocycles. The highest BCUT2D eigenvalue weighted by Gasteiger charge is 2.18. The number of benzene rings is 2. The second kappa shape index (κ2) is 6.78. The Hall–Kier alpha value is -3.12. The second-order valence-electron chi connectivity index (χ2n) is 5.32. The first kappa shape index (κ1) is 16.7. The smallest absolute Gasteiger partial charge is 0.271 e. The molecular formula is C18H13ClN2O4. The van der Waals surface area contributed by atoms with E-state index in [1.165, 1.54) is 18.2 Å². The molecule has 2 aromatic carbocycles. The number of furan rings is 1. The number of hydrogen-bond donors (Lipinski definition) is 1. The molecule has 0 atom stereocenters. The fourth-order valence-corrected chi connectivity index (χ4v) is 2.63. The molecule has 25 heavy (non-hydrogen) atoms. The Bertz CT molecular complexity index is 965. The first-order chi connectivity index (χ1) is 12.0. The van der Waals surface area contributed by atoms with Crippen LogP contribution < -0.4 is 5.32 Å². The average Bonchev–Trinajstić information content (AvgIpc) is 2.97. The number of carbonyl (C=O) groups is 1. The molecule has 126 valence electrons. The van der Waals surface area contributed by atoms with Crippen LogP contribution in [-0.2, 0) is 0 Å². The first-order valence-corrected chi connectivity index (χ1v) is 7.74. The van der Waals surface area contributed by atoms with Crippen molar-refractivity contribution in [3.8, 4) is 11.3 Å². The number of carbonyl (C=O) groups excluding carboxylic acids is 1. The lowest BCUT2D eigenvalue weighted by Gasteiger charge is -2.03. The predicted molar refractivity (Wildman–Crippen MR) is 94.9 cm³/mol. The zero-order valence-electron chi connectivity index (χ0n) is 13.2. The summed E-state index contributed by atoms with van der Waals surface area (Å²) in [4.78, 5) is 22.8. The third-order valence-corrected chi connectivity index (χ3v) is 3.95. The summed E-state index contributed by atoms with van der Waals surface area (Å²) in [6.07, 6.45) is 0. The highest BCUT2D eigenvalue weighted by Crippen LogP contribution is 2.31. The van der Waals surface area contributed by atoms with Gasteiger partial charge in [0.15, 0.2) is 0 Å². The number of halogens is 1. The summed E-state index contributed by atoms with van der Waals surface area (Å²) < 4.78 is 5.65. The SMILES string of the molecule is Cc1oc(-c2ccccc2Cl)cc1C(=O)Nc1cccc([N+](=O)[O-])c1. The molecule has 0 unspecified atom stereocenters. The number of nitrogens with zero attached hydrogens (tertiary/aromatic N) is 1. The summed E-state index contributed by atoms with van der Waals surface area (Å²) in [5, 5.41) is 14.0. The number of non-ortho nitro benzene ring substituents is 1. The predicted octanol–water partition coefficient (Wildman–Crippen LogP) is 5.07. The van der Waals surface area contributed by atoms with E-state index in [0.29, 0.717) is 33.4 Å². The van der Waals surface area contributed by atoms with Crippen LogP contribution in [0.1, 0.15) is 16.1 Å². The van der Waals surface area contributed by atoms with Crippen molar-refractivity contribution < 1.29 is 14.1 Å². The lowest BCUT2D eigenvalue weighted by atomic mass is 10.1. The molecular weight excluding hydrogens is 344 g/mol. The second-order valence-corrected chi connectivity index (χ2v) is 5.73. The van der Waals surface area contributed by atoms with E-state index in [1.807, 2.05) is 6.07 Å². The summed E-state index contributed by atoms with van der Waals surface area (Å²) >= 11 is 6.15. The Kier molecular flexibility index (Phi) is 4.54. The van der Waals surface area contributed by atoms with Crippen LogP contribution in [0, 0.1) is 17.0 Å². The van der Waals surface area contributed by atoms with Crippen molar-refractivity contribution in [3.05, 3.63) is 81.1 Å². The molecule has 0 saturated heterocycles. The third kappa shape index (κ3) is 3.54. The van der Waals surface area contributed by atoms with Gasteiger partial charge in [-0.15, -0.1) is 0 Å². The van der Waals surface area contributed by atoms with Gasteiger partial charge >= 0.3 is 0 Å². The Morgan fingerprint density at radius 2 is 1.92 bits per heavy atom. The highest BCUT2D eigenvalue weighted by atomic mass is 35.5. The van der Waals surface area contributed by atoms with Gasteiger partial charge in [-0.25, -0.2) is 0 Å². The van der Waals surface area contributed by atoms with Crippen molar-refractivity contribution in [2.75, 3.05) is 5.32 Å². The van der Waals surface area contributed by atoms with Gasteiger partial charge < -0.3 is 9.73 Å². The van der Waals surface area contributed by atoms with E-state index >= 15 is 0 Å². The lowest BCUT2D eigenvalue weighted by molar-refractivity contribution is -0.384. The van der Waals surface area contributed by atoms with Crippen molar-refractivity contribution in [2.24, 2.45) is 0 Å². The molecule has 3 aromatic rings. The number of amides is 1. The summed E-state index contributed by atoms with van der Waals surface area (Å²) in [5.74, 6) is 0.491. The van der Waals surface area contributed by atoms with Crippen molar-refractivity contribution in [2.45, 2.75) is 6.92 Å². The van der Waals surface area contributed by atoms with Crippen LogP contribution in [0.2, 0.25) is 5.02 Å². The van der Waals surface area contributed by atoms with E-state index in [2.05, 4.69) is 5.32 Å². The Balaban J connectivity index is 1.87. The van der Waals surface area contributed by atoms with Crippen molar-refractivity contribution in [1.82, 2.24) is 0 Å². The fourth-order valence-electron chi connectivity index (χ4n) is 2.40. The van der Waals surface area contributed by atoms with Crippen LogP contribution in [-0.4, -0.2) is 10.8 Å². The van der Waals surface area contributed by atoms with E-state index in [1.54, 1.807) is 37.3 Å². The van der Waals surface area contributed by atoms with Gasteiger partial charge in [0.05, 0.1) is 15.5 Å². The van der Waals surface area contributed by atoms with Gasteiger partial charge in [-0.3, -0.25) is 14.9 Å². The van der Waals surface area contributed by atoms with Crippen LogP contribution in [0.5, 0.6) is 0 Å². The number of nitrogens with one attached hydrogen (secondary N) is 1. The topological polar surface area (TPSA) is 85.4 Å². The normalized spacial score (nSPS) is 10.5. The maximum atomic E-state index is 12.5. The highest BCUT2D eigenvalue weighted by molar-refractivity contribution is 6.33. The van der Waals surface area contributed by atoms with Gasteiger partial charge in [-0.1, -0.05) is 29.8 Å². The molecule has 1 amide bonds. The standard InChI is InChI=1S/C18H13ClN2O4/c1-11-15(10-17(25-11)14-7-2-3-8-16(14)19)18(22)20-12-5-4-6-13(9-12)21(23)24/h2-10H,1H3,(H,20,22). The Morgan fingerprint density at radius 3 is 2.64 bits per heavy atom. The van der Waals surface area contributed by atoms with Gasteiger partial charge in [0, 0.05) is 23.4 Å². The largest absolute Gasteiger partial charge is 0.460 e. The molecule has 0 spiro atoms. The van der Waals surface area contributed by atoms with Crippen LogP contribution >= 0.6 is 11.6 Å². The quantitative estimate of drug-likeness (QED) is 0.522. The minimum Gasteiger partial charge on any atom is -0.460 e. The van der Waals surface area contributed by atoms with Gasteiger partial charge in [0.25, 0.3) is 11.6 Å². The Labute approximate surface area is 148 Å². The zero-order chi connectivity index (χ0) is 18.0. The van der Waals surface area contributed by atoms with Crippen molar-refractivity contribution in [3.63, 3.8) is 0 Å². The zero-order valence-corrected chi connectivity index (χ0v) is 13.9. The number of anilines is 1. The van der Waals surface area contributed by atoms with Gasteiger partial charge in [0.2, 0.25) is 0 Å². The van der Waals surface area contributed by atoms with Crippen molar-refractivity contribution in [1.29, 1.82) is 0 Å². The number of aryl methyl sites for hydroxylation is 1. The number of nitro benzene ring substituents is 1. The van der Waals surface area contributed by atoms with Gasteiger partial charge in [0.1, 0.15) is 11.5 Å². The monoisotopic (exact) mass is 356 g/mol. The maximum Gasteiger partial charge on any atom is 0.271 e. The van der Waals surface area contributed by atoms with Crippen LogP contribution in [0.15, 0.2) is 59.0 Å². The molecule has 7 heteroatoms. The average molecular weight is 357 g/mol. The molecule has 1 N–H and O–H groups in total. The van der Waals surface area contributed by atoms with Crippen molar-refractivity contribution >= 4 is 28.9 Å². The number of nitro groups is 1. The summed E-state index contributed by atoms with van der Waals surface area (Å²) in [6, 6.07) is 14.5. The lowest BCUT2D eigenvalue weighted by Crippen LogP contribution is -2.12. The molecule has 0 radical (unpaired) electrons. The molecule has 0 aliphatic rings. The number of rotatable bonds is 4. The summed E-state index contributed by atoms with van der Waals surface area (Å²) in [6.45, 7) is 1.67. The van der Waals surface area contributed by atoms with E-state index in [4.69, 9.17) is 16.0 Å². The minimum atomic E-state index is -0.520. The van der Waals surface area contributed by atoms with Crippen LogP contribution in [0.4, 0.5) is 11.4 Å². The summed E-state index contributed by atoms with van der Waals surface area (Å²) in [7, 11) is 0. The fraction of sp³-hybridized carbons (Fsp3) is 0.0556. The molecule has 1 aromatic heterocycles. The summed E-state index contributed by atoms with van der Waals surface area (Å²) in [5.41, 5.74) is 1.25. The van der Waals surface area contributed by atoms with E-state index in [9.17, 15) is 14.9 Å². The van der Waals surface area contributed by atoms with Gasteiger partial charge in [-0.05, 0) is 31.2 Å². The number of hydrogen-bond acceptors (Lipinski definition) is 4. The van der Waals surface area contributed by atoms with E-state index in [0.717, 1.165) is 0 Å². The molecule has 0 aliphatic heterocycles. The molecule has 6 nitrogen and oxygen atoms in total. The minimum absolute atomic E-state index is 0.0986. The maximum absolute atomic E-state index is 12.5.